The average molecular weight is 398 g/mol. The average Bonchev–Trinajstić information content (AvgIpc) is 2.68. The fourth-order valence-corrected chi connectivity index (χ4v) is 3.17. The molecule has 0 aliphatic heterocycles. The Balaban J connectivity index is 1.81. The van der Waals surface area contributed by atoms with Gasteiger partial charge in [0, 0.05) is 6.07 Å². The molecule has 0 saturated heterocycles. The Morgan fingerprint density at radius 2 is 1.79 bits per heavy atom. The predicted octanol–water partition coefficient (Wildman–Crippen LogP) is 4.18. The minimum Gasteiger partial charge on any atom is -0.468 e. The summed E-state index contributed by atoms with van der Waals surface area (Å²) in [6.45, 7) is 1.88. The number of hydrogen-bond donors (Lipinski definition) is 1. The van der Waals surface area contributed by atoms with E-state index in [4.69, 9.17) is 26.8 Å². The second kappa shape index (κ2) is 8.27. The predicted molar refractivity (Wildman–Crippen MR) is 107 cm³/mol. The number of benzene rings is 2. The summed E-state index contributed by atoms with van der Waals surface area (Å²) >= 11 is 5.86. The zero-order valence-electron chi connectivity index (χ0n) is 15.6. The number of hydrogen-bond acceptors (Lipinski definition) is 6. The summed E-state index contributed by atoms with van der Waals surface area (Å²) in [6.07, 6.45) is 0.482. The van der Waals surface area contributed by atoms with Crippen molar-refractivity contribution < 1.29 is 14.3 Å². The van der Waals surface area contributed by atoms with Crippen molar-refractivity contribution in [2.45, 2.75) is 18.8 Å². The van der Waals surface area contributed by atoms with Crippen LogP contribution in [-0.2, 0) is 21.4 Å². The van der Waals surface area contributed by atoms with E-state index in [1.54, 1.807) is 12.1 Å². The van der Waals surface area contributed by atoms with Crippen molar-refractivity contribution in [3.8, 4) is 11.6 Å². The lowest BCUT2D eigenvalue weighted by molar-refractivity contribution is -0.146. The molecular formula is C21H20ClN3O3. The third-order valence-electron chi connectivity index (χ3n) is 4.44. The number of nitrogens with two attached hydrogens (primary N) is 1. The van der Waals surface area contributed by atoms with Crippen LogP contribution in [0.1, 0.15) is 18.1 Å². The number of nitrogens with zero attached hydrogens (tertiary/aromatic N) is 2. The van der Waals surface area contributed by atoms with Gasteiger partial charge in [-0.1, -0.05) is 54.1 Å². The van der Waals surface area contributed by atoms with E-state index in [0.717, 1.165) is 11.1 Å². The first-order chi connectivity index (χ1) is 13.4. The van der Waals surface area contributed by atoms with Gasteiger partial charge in [0.15, 0.2) is 0 Å². The maximum absolute atomic E-state index is 12.5. The first kappa shape index (κ1) is 19.6. The number of anilines is 1. The van der Waals surface area contributed by atoms with Gasteiger partial charge in [0.1, 0.15) is 10.9 Å². The molecule has 3 aromatic rings. The number of aromatic nitrogens is 2. The van der Waals surface area contributed by atoms with Crippen LogP contribution in [-0.4, -0.2) is 23.0 Å². The van der Waals surface area contributed by atoms with Crippen molar-refractivity contribution in [1.82, 2.24) is 9.97 Å². The number of halogens is 1. The van der Waals surface area contributed by atoms with Crippen LogP contribution in [0.4, 0.5) is 5.95 Å². The Hall–Kier alpha value is -3.12. The van der Waals surface area contributed by atoms with Crippen molar-refractivity contribution in [2.75, 3.05) is 12.8 Å². The maximum atomic E-state index is 12.5. The highest BCUT2D eigenvalue weighted by molar-refractivity contribution is 6.29. The molecule has 0 amide bonds. The SMILES string of the molecule is COC(=O)[C@@](C)(Cc1ccc(Oc2cc(Cl)nc(N)n2)cc1)c1ccccc1. The smallest absolute Gasteiger partial charge is 0.316 e. The molecule has 144 valence electrons. The number of rotatable bonds is 6. The largest absolute Gasteiger partial charge is 0.468 e. The molecule has 0 fully saturated rings. The summed E-state index contributed by atoms with van der Waals surface area (Å²) < 4.78 is 10.7. The van der Waals surface area contributed by atoms with Gasteiger partial charge in [-0.05, 0) is 36.6 Å². The Morgan fingerprint density at radius 3 is 2.39 bits per heavy atom. The molecule has 1 aromatic heterocycles. The van der Waals surface area contributed by atoms with Gasteiger partial charge >= 0.3 is 5.97 Å². The molecule has 0 radical (unpaired) electrons. The number of methoxy groups -OCH3 is 1. The Bertz CT molecular complexity index is 944. The van der Waals surface area contributed by atoms with Gasteiger partial charge in [0.2, 0.25) is 11.8 Å². The summed E-state index contributed by atoms with van der Waals surface area (Å²) in [4.78, 5) is 20.3. The first-order valence-corrected chi connectivity index (χ1v) is 8.99. The van der Waals surface area contributed by atoms with Crippen LogP contribution in [0.25, 0.3) is 0 Å². The number of esters is 1. The summed E-state index contributed by atoms with van der Waals surface area (Å²) in [5, 5.41) is 0.204. The van der Waals surface area contributed by atoms with Crippen LogP contribution < -0.4 is 10.5 Å². The van der Waals surface area contributed by atoms with Crippen molar-refractivity contribution in [1.29, 1.82) is 0 Å². The number of carbonyl (C=O) groups excluding carboxylic acids is 1. The summed E-state index contributed by atoms with van der Waals surface area (Å²) in [6, 6.07) is 18.5. The topological polar surface area (TPSA) is 87.3 Å². The molecule has 3 rings (SSSR count). The molecule has 1 heterocycles. The van der Waals surface area contributed by atoms with E-state index in [1.165, 1.54) is 13.2 Å². The molecule has 0 spiro atoms. The monoisotopic (exact) mass is 397 g/mol. The number of carbonyl (C=O) groups is 1. The van der Waals surface area contributed by atoms with Crippen molar-refractivity contribution in [3.05, 3.63) is 76.9 Å². The van der Waals surface area contributed by atoms with E-state index in [-0.39, 0.29) is 23.0 Å². The van der Waals surface area contributed by atoms with Crippen molar-refractivity contribution in [2.24, 2.45) is 0 Å². The van der Waals surface area contributed by atoms with Crippen LogP contribution in [0.3, 0.4) is 0 Å². The molecule has 0 unspecified atom stereocenters. The molecule has 0 aliphatic rings. The zero-order chi connectivity index (χ0) is 20.1. The lowest BCUT2D eigenvalue weighted by Crippen LogP contribution is -2.36. The highest BCUT2D eigenvalue weighted by Gasteiger charge is 2.36. The van der Waals surface area contributed by atoms with Crippen LogP contribution in [0.15, 0.2) is 60.7 Å². The van der Waals surface area contributed by atoms with Gasteiger partial charge in [-0.25, -0.2) is 4.98 Å². The molecule has 0 aliphatic carbocycles. The van der Waals surface area contributed by atoms with Crippen LogP contribution >= 0.6 is 11.6 Å². The maximum Gasteiger partial charge on any atom is 0.316 e. The first-order valence-electron chi connectivity index (χ1n) is 8.61. The van der Waals surface area contributed by atoms with Gasteiger partial charge in [0.25, 0.3) is 0 Å². The standard InChI is InChI=1S/C21H20ClN3O3/c1-21(19(26)27-2,15-6-4-3-5-7-15)13-14-8-10-16(11-9-14)28-18-12-17(22)24-20(23)25-18/h3-12H,13H2,1-2H3,(H2,23,24,25)/t21-/m0/s1. The van der Waals surface area contributed by atoms with Gasteiger partial charge in [-0.3, -0.25) is 4.79 Å². The lowest BCUT2D eigenvalue weighted by atomic mass is 9.77. The van der Waals surface area contributed by atoms with Crippen LogP contribution in [0.2, 0.25) is 5.15 Å². The fourth-order valence-electron chi connectivity index (χ4n) is 2.99. The van der Waals surface area contributed by atoms with Gasteiger partial charge < -0.3 is 15.2 Å². The third kappa shape index (κ3) is 4.40. The van der Waals surface area contributed by atoms with E-state index in [0.29, 0.717) is 12.2 Å². The summed E-state index contributed by atoms with van der Waals surface area (Å²) in [5.74, 6) is 0.576. The molecule has 0 bridgehead atoms. The molecule has 1 atom stereocenters. The van der Waals surface area contributed by atoms with Gasteiger partial charge in [-0.2, -0.15) is 4.98 Å². The number of ether oxygens (including phenoxy) is 2. The van der Waals surface area contributed by atoms with E-state index in [2.05, 4.69) is 9.97 Å². The molecular weight excluding hydrogens is 378 g/mol. The van der Waals surface area contributed by atoms with Gasteiger partial charge in [-0.15, -0.1) is 0 Å². The van der Waals surface area contributed by atoms with E-state index in [1.807, 2.05) is 49.4 Å². The lowest BCUT2D eigenvalue weighted by Gasteiger charge is -2.27. The summed E-state index contributed by atoms with van der Waals surface area (Å²) in [5.41, 5.74) is 6.63. The Morgan fingerprint density at radius 1 is 1.11 bits per heavy atom. The highest BCUT2D eigenvalue weighted by Crippen LogP contribution is 2.31. The number of nitrogen functional groups attached to an aromatic ring is 1. The van der Waals surface area contributed by atoms with Crippen molar-refractivity contribution in [3.63, 3.8) is 0 Å². The molecule has 0 saturated carbocycles. The van der Waals surface area contributed by atoms with E-state index in [9.17, 15) is 4.79 Å². The van der Waals surface area contributed by atoms with Crippen LogP contribution in [0, 0.1) is 0 Å². The summed E-state index contributed by atoms with van der Waals surface area (Å²) in [7, 11) is 1.40. The second-order valence-corrected chi connectivity index (χ2v) is 6.89. The minimum absolute atomic E-state index is 0.0378. The Kier molecular flexibility index (Phi) is 5.80. The minimum atomic E-state index is -0.799. The normalized spacial score (nSPS) is 12.8. The third-order valence-corrected chi connectivity index (χ3v) is 4.63. The molecule has 7 heteroatoms. The fraction of sp³-hybridized carbons (Fsp3) is 0.190. The quantitative estimate of drug-likeness (QED) is 0.496. The molecule has 2 N–H and O–H groups in total. The van der Waals surface area contributed by atoms with Gasteiger partial charge in [0.05, 0.1) is 12.5 Å². The van der Waals surface area contributed by atoms with Crippen LogP contribution in [0.5, 0.6) is 11.6 Å². The zero-order valence-corrected chi connectivity index (χ0v) is 16.3. The van der Waals surface area contributed by atoms with E-state index >= 15 is 0 Å². The molecule has 6 nitrogen and oxygen atoms in total. The molecule has 2 aromatic carbocycles. The second-order valence-electron chi connectivity index (χ2n) is 6.50. The highest BCUT2D eigenvalue weighted by atomic mass is 35.5. The van der Waals surface area contributed by atoms with Crippen molar-refractivity contribution >= 4 is 23.5 Å². The Labute approximate surface area is 168 Å². The van der Waals surface area contributed by atoms with E-state index < -0.39 is 5.41 Å². The molecule has 28 heavy (non-hydrogen) atoms.